The maximum atomic E-state index is 12.6. The van der Waals surface area contributed by atoms with Gasteiger partial charge in [-0.25, -0.2) is 0 Å². The molecule has 1 aliphatic rings. The largest absolute Gasteiger partial charge is 0.324 e. The Labute approximate surface area is 169 Å². The number of benzene rings is 2. The van der Waals surface area contributed by atoms with Crippen molar-refractivity contribution in [2.45, 2.75) is 6.92 Å². The van der Waals surface area contributed by atoms with Crippen molar-refractivity contribution in [1.82, 2.24) is 4.90 Å². The SMILES string of the molecule is Cc1ccccc1NC(=O)CN1C(=O)/C(=C/c2ccc(Br)cc2)SC1=S. The molecule has 2 aromatic carbocycles. The van der Waals surface area contributed by atoms with Crippen LogP contribution in [0.15, 0.2) is 57.9 Å². The monoisotopic (exact) mass is 446 g/mol. The van der Waals surface area contributed by atoms with Crippen molar-refractivity contribution in [1.29, 1.82) is 0 Å². The standard InChI is InChI=1S/C19H15BrN2O2S2/c1-12-4-2-3-5-15(12)21-17(23)11-22-18(24)16(26-19(22)25)10-13-6-8-14(20)9-7-13/h2-10H,11H2,1H3,(H,21,23)/b16-10-. The van der Waals surface area contributed by atoms with E-state index in [4.69, 9.17) is 12.2 Å². The summed E-state index contributed by atoms with van der Waals surface area (Å²) < 4.78 is 1.35. The number of rotatable bonds is 4. The number of anilines is 1. The fourth-order valence-electron chi connectivity index (χ4n) is 2.39. The topological polar surface area (TPSA) is 49.4 Å². The molecule has 1 saturated heterocycles. The van der Waals surface area contributed by atoms with E-state index in [1.165, 1.54) is 16.7 Å². The Morgan fingerprint density at radius 2 is 1.92 bits per heavy atom. The quantitative estimate of drug-likeness (QED) is 0.550. The van der Waals surface area contributed by atoms with Gasteiger partial charge >= 0.3 is 0 Å². The summed E-state index contributed by atoms with van der Waals surface area (Å²) in [6, 6.07) is 15.1. The third kappa shape index (κ3) is 4.41. The van der Waals surface area contributed by atoms with E-state index in [2.05, 4.69) is 21.2 Å². The van der Waals surface area contributed by atoms with E-state index in [1.54, 1.807) is 6.08 Å². The molecule has 3 rings (SSSR count). The lowest BCUT2D eigenvalue weighted by atomic mass is 10.2. The second kappa shape index (κ2) is 8.16. The molecular formula is C19H15BrN2O2S2. The van der Waals surface area contributed by atoms with Gasteiger partial charge < -0.3 is 5.32 Å². The molecular weight excluding hydrogens is 432 g/mol. The fraction of sp³-hybridized carbons (Fsp3) is 0.105. The van der Waals surface area contributed by atoms with Crippen molar-refractivity contribution in [2.75, 3.05) is 11.9 Å². The molecule has 0 radical (unpaired) electrons. The highest BCUT2D eigenvalue weighted by Gasteiger charge is 2.33. The van der Waals surface area contributed by atoms with Gasteiger partial charge in [-0.15, -0.1) is 0 Å². The first-order valence-corrected chi connectivity index (χ1v) is 9.82. The average Bonchev–Trinajstić information content (AvgIpc) is 2.86. The Morgan fingerprint density at radius 1 is 1.23 bits per heavy atom. The van der Waals surface area contributed by atoms with Gasteiger partial charge in [0.1, 0.15) is 10.9 Å². The van der Waals surface area contributed by atoms with Crippen LogP contribution in [0.4, 0.5) is 5.69 Å². The molecule has 132 valence electrons. The van der Waals surface area contributed by atoms with E-state index in [1.807, 2.05) is 55.5 Å². The summed E-state index contributed by atoms with van der Waals surface area (Å²) in [7, 11) is 0. The van der Waals surface area contributed by atoms with Crippen molar-refractivity contribution >= 4 is 67.8 Å². The Bertz CT molecular complexity index is 910. The van der Waals surface area contributed by atoms with Gasteiger partial charge in [0.05, 0.1) is 4.91 Å². The van der Waals surface area contributed by atoms with E-state index in [9.17, 15) is 9.59 Å². The van der Waals surface area contributed by atoms with Crippen LogP contribution in [0, 0.1) is 6.92 Å². The summed E-state index contributed by atoms with van der Waals surface area (Å²) >= 11 is 9.87. The van der Waals surface area contributed by atoms with Gasteiger partial charge in [-0.2, -0.15) is 0 Å². The third-order valence-corrected chi connectivity index (χ3v) is 5.67. The number of hydrogen-bond acceptors (Lipinski definition) is 4. The van der Waals surface area contributed by atoms with E-state index < -0.39 is 0 Å². The molecule has 26 heavy (non-hydrogen) atoms. The zero-order chi connectivity index (χ0) is 18.7. The third-order valence-electron chi connectivity index (χ3n) is 3.76. The summed E-state index contributed by atoms with van der Waals surface area (Å²) in [4.78, 5) is 26.8. The lowest BCUT2D eigenvalue weighted by molar-refractivity contribution is -0.126. The number of para-hydroxylation sites is 1. The number of aryl methyl sites for hydroxylation is 1. The smallest absolute Gasteiger partial charge is 0.266 e. The summed E-state index contributed by atoms with van der Waals surface area (Å²) in [6.45, 7) is 1.81. The van der Waals surface area contributed by atoms with Crippen LogP contribution in [-0.2, 0) is 9.59 Å². The fourth-order valence-corrected chi connectivity index (χ4v) is 3.91. The average molecular weight is 447 g/mol. The number of amides is 2. The predicted molar refractivity (Wildman–Crippen MR) is 114 cm³/mol. The molecule has 1 heterocycles. The normalized spacial score (nSPS) is 15.6. The molecule has 0 aliphatic carbocycles. The van der Waals surface area contributed by atoms with E-state index in [0.717, 1.165) is 21.3 Å². The number of carbonyl (C=O) groups excluding carboxylic acids is 2. The van der Waals surface area contributed by atoms with Crippen molar-refractivity contribution in [3.05, 3.63) is 69.0 Å². The molecule has 1 fully saturated rings. The van der Waals surface area contributed by atoms with Crippen LogP contribution in [0.25, 0.3) is 6.08 Å². The zero-order valence-electron chi connectivity index (χ0n) is 13.9. The molecule has 4 nitrogen and oxygen atoms in total. The first-order chi connectivity index (χ1) is 12.4. The van der Waals surface area contributed by atoms with Gasteiger partial charge in [0.15, 0.2) is 0 Å². The number of carbonyl (C=O) groups is 2. The Morgan fingerprint density at radius 3 is 2.62 bits per heavy atom. The summed E-state index contributed by atoms with van der Waals surface area (Å²) in [5.74, 6) is -0.525. The van der Waals surface area contributed by atoms with Crippen molar-refractivity contribution < 1.29 is 9.59 Å². The van der Waals surface area contributed by atoms with Gasteiger partial charge in [0.25, 0.3) is 5.91 Å². The van der Waals surface area contributed by atoms with Crippen molar-refractivity contribution in [2.24, 2.45) is 0 Å². The number of thioether (sulfide) groups is 1. The molecule has 0 unspecified atom stereocenters. The van der Waals surface area contributed by atoms with Crippen LogP contribution < -0.4 is 5.32 Å². The van der Waals surface area contributed by atoms with Crippen LogP contribution in [0.2, 0.25) is 0 Å². The zero-order valence-corrected chi connectivity index (χ0v) is 17.1. The maximum Gasteiger partial charge on any atom is 0.266 e. The first kappa shape index (κ1) is 18.8. The number of nitrogens with zero attached hydrogens (tertiary/aromatic N) is 1. The molecule has 0 spiro atoms. The van der Waals surface area contributed by atoms with Gasteiger partial charge in [0, 0.05) is 10.2 Å². The minimum Gasteiger partial charge on any atom is -0.324 e. The van der Waals surface area contributed by atoms with Crippen LogP contribution in [0.3, 0.4) is 0 Å². The van der Waals surface area contributed by atoms with Crippen LogP contribution in [0.1, 0.15) is 11.1 Å². The summed E-state index contributed by atoms with van der Waals surface area (Å²) in [5, 5.41) is 2.82. The highest BCUT2D eigenvalue weighted by Crippen LogP contribution is 2.32. The molecule has 0 saturated carbocycles. The highest BCUT2D eigenvalue weighted by atomic mass is 79.9. The minimum atomic E-state index is -0.277. The molecule has 0 bridgehead atoms. The lowest BCUT2D eigenvalue weighted by Crippen LogP contribution is -2.36. The molecule has 1 N–H and O–H groups in total. The number of nitrogens with one attached hydrogen (secondary N) is 1. The van der Waals surface area contributed by atoms with Gasteiger partial charge in [0.2, 0.25) is 5.91 Å². The van der Waals surface area contributed by atoms with Crippen LogP contribution >= 0.6 is 39.9 Å². The number of thiocarbonyl (C=S) groups is 1. The first-order valence-electron chi connectivity index (χ1n) is 7.80. The molecule has 0 atom stereocenters. The van der Waals surface area contributed by atoms with Gasteiger partial charge in [-0.1, -0.05) is 70.2 Å². The number of halogens is 1. The predicted octanol–water partition coefficient (Wildman–Crippen LogP) is 4.60. The second-order valence-electron chi connectivity index (χ2n) is 5.68. The number of hydrogen-bond donors (Lipinski definition) is 1. The van der Waals surface area contributed by atoms with E-state index >= 15 is 0 Å². The van der Waals surface area contributed by atoms with E-state index in [0.29, 0.717) is 9.23 Å². The van der Waals surface area contributed by atoms with E-state index in [-0.39, 0.29) is 18.4 Å². The van der Waals surface area contributed by atoms with Crippen molar-refractivity contribution in [3.8, 4) is 0 Å². The molecule has 7 heteroatoms. The Hall–Kier alpha value is -1.96. The molecule has 1 aliphatic heterocycles. The maximum absolute atomic E-state index is 12.6. The highest BCUT2D eigenvalue weighted by molar-refractivity contribution is 9.10. The summed E-state index contributed by atoms with van der Waals surface area (Å²) in [5.41, 5.74) is 2.59. The molecule has 2 amide bonds. The molecule has 2 aromatic rings. The van der Waals surface area contributed by atoms with Crippen LogP contribution in [-0.4, -0.2) is 27.6 Å². The van der Waals surface area contributed by atoms with Crippen LogP contribution in [0.5, 0.6) is 0 Å². The molecule has 0 aromatic heterocycles. The second-order valence-corrected chi connectivity index (χ2v) is 8.27. The van der Waals surface area contributed by atoms with Gasteiger partial charge in [-0.05, 0) is 42.3 Å². The Kier molecular flexibility index (Phi) is 5.90. The Balaban J connectivity index is 1.70. The lowest BCUT2D eigenvalue weighted by Gasteiger charge is -2.15. The van der Waals surface area contributed by atoms with Gasteiger partial charge in [-0.3, -0.25) is 14.5 Å². The van der Waals surface area contributed by atoms with Crippen molar-refractivity contribution in [3.63, 3.8) is 0 Å². The minimum absolute atomic E-state index is 0.101. The summed E-state index contributed by atoms with van der Waals surface area (Å²) in [6.07, 6.45) is 1.78.